The SMILES string of the molecule is O=C1Nc2ccc(Cl)cc2C1=Cc1oc2c(c1-c1ccccc1)CCCC2. The smallest absolute Gasteiger partial charge is 0.256 e. The number of carbonyl (C=O) groups is 1. The monoisotopic (exact) mass is 375 g/mol. The summed E-state index contributed by atoms with van der Waals surface area (Å²) in [6.07, 6.45) is 6.15. The van der Waals surface area contributed by atoms with Crippen LogP contribution in [0, 0.1) is 0 Å². The molecule has 4 heteroatoms. The second-order valence-corrected chi connectivity index (χ2v) is 7.45. The topological polar surface area (TPSA) is 42.2 Å². The molecule has 1 aliphatic heterocycles. The van der Waals surface area contributed by atoms with Crippen LogP contribution >= 0.6 is 11.6 Å². The van der Waals surface area contributed by atoms with Gasteiger partial charge in [-0.05, 0) is 49.1 Å². The van der Waals surface area contributed by atoms with Crippen LogP contribution < -0.4 is 5.32 Å². The number of fused-ring (bicyclic) bond motifs is 2. The lowest BCUT2D eigenvalue weighted by Gasteiger charge is -2.11. The number of halogens is 1. The van der Waals surface area contributed by atoms with Crippen molar-refractivity contribution in [3.8, 4) is 11.1 Å². The maximum absolute atomic E-state index is 12.6. The van der Waals surface area contributed by atoms with E-state index in [9.17, 15) is 4.79 Å². The second kappa shape index (κ2) is 6.43. The summed E-state index contributed by atoms with van der Waals surface area (Å²) in [5, 5.41) is 3.52. The van der Waals surface area contributed by atoms with Gasteiger partial charge in [-0.1, -0.05) is 41.9 Å². The van der Waals surface area contributed by atoms with Crippen LogP contribution in [-0.2, 0) is 17.6 Å². The number of carbonyl (C=O) groups excluding carboxylic acids is 1. The Kier molecular flexibility index (Phi) is 3.91. The van der Waals surface area contributed by atoms with Crippen molar-refractivity contribution in [1.82, 2.24) is 0 Å². The zero-order valence-electron chi connectivity index (χ0n) is 14.7. The summed E-state index contributed by atoms with van der Waals surface area (Å²) >= 11 is 6.16. The Hall–Kier alpha value is -2.78. The highest BCUT2D eigenvalue weighted by molar-refractivity contribution is 6.36. The molecule has 0 unspecified atom stereocenters. The maximum atomic E-state index is 12.6. The van der Waals surface area contributed by atoms with Gasteiger partial charge in [-0.2, -0.15) is 0 Å². The van der Waals surface area contributed by atoms with Crippen LogP contribution in [0.25, 0.3) is 22.8 Å². The fraction of sp³-hybridized carbons (Fsp3) is 0.174. The Labute approximate surface area is 162 Å². The highest BCUT2D eigenvalue weighted by Gasteiger charge is 2.28. The van der Waals surface area contributed by atoms with Gasteiger partial charge >= 0.3 is 0 Å². The standard InChI is InChI=1S/C23H18ClNO2/c24-15-10-11-19-17(12-15)18(23(26)25-19)13-21-22(14-6-2-1-3-7-14)16-8-4-5-9-20(16)27-21/h1-3,6-7,10-13H,4-5,8-9H2,(H,25,26). The molecule has 5 rings (SSSR count). The van der Waals surface area contributed by atoms with Crippen LogP contribution in [0.5, 0.6) is 0 Å². The average molecular weight is 376 g/mol. The molecule has 0 fully saturated rings. The van der Waals surface area contributed by atoms with Crippen LogP contribution in [0.3, 0.4) is 0 Å². The molecular weight excluding hydrogens is 358 g/mol. The summed E-state index contributed by atoms with van der Waals surface area (Å²) in [4.78, 5) is 12.6. The number of anilines is 1. The number of aryl methyl sites for hydroxylation is 1. The van der Waals surface area contributed by atoms with Crippen LogP contribution in [-0.4, -0.2) is 5.91 Å². The molecule has 3 aromatic rings. The van der Waals surface area contributed by atoms with E-state index in [1.807, 2.05) is 36.4 Å². The number of benzene rings is 2. The van der Waals surface area contributed by atoms with E-state index >= 15 is 0 Å². The minimum absolute atomic E-state index is 0.124. The van der Waals surface area contributed by atoms with Crippen molar-refractivity contribution in [2.45, 2.75) is 25.7 Å². The molecule has 1 aliphatic carbocycles. The third-order valence-electron chi connectivity index (χ3n) is 5.30. The minimum atomic E-state index is -0.124. The first-order valence-electron chi connectivity index (χ1n) is 9.23. The lowest BCUT2D eigenvalue weighted by Crippen LogP contribution is -2.03. The predicted octanol–water partition coefficient (Wildman–Crippen LogP) is 5.97. The molecular formula is C23H18ClNO2. The molecule has 134 valence electrons. The molecule has 1 amide bonds. The zero-order chi connectivity index (χ0) is 18.4. The van der Waals surface area contributed by atoms with E-state index in [1.54, 1.807) is 6.07 Å². The predicted molar refractivity (Wildman–Crippen MR) is 109 cm³/mol. The highest BCUT2D eigenvalue weighted by Crippen LogP contribution is 2.41. The normalized spacial score (nSPS) is 16.9. The number of amides is 1. The summed E-state index contributed by atoms with van der Waals surface area (Å²) < 4.78 is 6.26. The molecule has 1 aromatic heterocycles. The first-order chi connectivity index (χ1) is 13.2. The fourth-order valence-electron chi connectivity index (χ4n) is 4.04. The fourth-order valence-corrected chi connectivity index (χ4v) is 4.22. The van der Waals surface area contributed by atoms with Crippen LogP contribution in [0.15, 0.2) is 52.9 Å². The van der Waals surface area contributed by atoms with E-state index in [1.165, 1.54) is 12.0 Å². The van der Waals surface area contributed by atoms with Gasteiger partial charge in [0.05, 0.1) is 5.57 Å². The molecule has 0 atom stereocenters. The highest BCUT2D eigenvalue weighted by atomic mass is 35.5. The van der Waals surface area contributed by atoms with E-state index in [2.05, 4.69) is 17.4 Å². The second-order valence-electron chi connectivity index (χ2n) is 7.02. The molecule has 2 aliphatic rings. The molecule has 27 heavy (non-hydrogen) atoms. The third-order valence-corrected chi connectivity index (χ3v) is 5.54. The molecule has 1 N–H and O–H groups in total. The molecule has 3 nitrogen and oxygen atoms in total. The zero-order valence-corrected chi connectivity index (χ0v) is 15.5. The van der Waals surface area contributed by atoms with E-state index < -0.39 is 0 Å². The van der Waals surface area contributed by atoms with Gasteiger partial charge in [-0.25, -0.2) is 0 Å². The summed E-state index contributed by atoms with van der Waals surface area (Å²) in [5.41, 5.74) is 5.72. The lowest BCUT2D eigenvalue weighted by molar-refractivity contribution is -0.110. The van der Waals surface area contributed by atoms with E-state index in [0.717, 1.165) is 53.2 Å². The van der Waals surface area contributed by atoms with Crippen molar-refractivity contribution in [3.63, 3.8) is 0 Å². The van der Waals surface area contributed by atoms with Crippen molar-refractivity contribution in [2.75, 3.05) is 5.32 Å². The lowest BCUT2D eigenvalue weighted by atomic mass is 9.91. The van der Waals surface area contributed by atoms with Crippen molar-refractivity contribution in [3.05, 3.63) is 76.2 Å². The van der Waals surface area contributed by atoms with Gasteiger partial charge in [0.25, 0.3) is 5.91 Å². The number of nitrogens with one attached hydrogen (secondary N) is 1. The Morgan fingerprint density at radius 3 is 2.70 bits per heavy atom. The summed E-state index contributed by atoms with van der Waals surface area (Å²) in [5.74, 6) is 1.68. The molecule has 0 saturated heterocycles. The largest absolute Gasteiger partial charge is 0.461 e. The van der Waals surface area contributed by atoms with E-state index in [-0.39, 0.29) is 5.91 Å². The summed E-state index contributed by atoms with van der Waals surface area (Å²) in [6.45, 7) is 0. The van der Waals surface area contributed by atoms with Crippen molar-refractivity contribution in [2.24, 2.45) is 0 Å². The summed E-state index contributed by atoms with van der Waals surface area (Å²) in [6, 6.07) is 15.7. The van der Waals surface area contributed by atoms with Gasteiger partial charge in [0.1, 0.15) is 11.5 Å². The summed E-state index contributed by atoms with van der Waals surface area (Å²) in [7, 11) is 0. The van der Waals surface area contributed by atoms with Gasteiger partial charge in [0, 0.05) is 33.8 Å². The molecule has 0 bridgehead atoms. The molecule has 2 aromatic carbocycles. The molecule has 0 saturated carbocycles. The van der Waals surface area contributed by atoms with Gasteiger partial charge in [0.2, 0.25) is 0 Å². The number of hydrogen-bond acceptors (Lipinski definition) is 2. The first kappa shape index (κ1) is 16.4. The van der Waals surface area contributed by atoms with Crippen LogP contribution in [0.2, 0.25) is 5.02 Å². The quantitative estimate of drug-likeness (QED) is 0.560. The van der Waals surface area contributed by atoms with Crippen LogP contribution in [0.1, 0.15) is 35.5 Å². The Morgan fingerprint density at radius 1 is 1.04 bits per heavy atom. The van der Waals surface area contributed by atoms with Crippen LogP contribution in [0.4, 0.5) is 5.69 Å². The van der Waals surface area contributed by atoms with Gasteiger partial charge in [-0.15, -0.1) is 0 Å². The van der Waals surface area contributed by atoms with Gasteiger partial charge < -0.3 is 9.73 Å². The Balaban J connectivity index is 1.71. The number of hydrogen-bond donors (Lipinski definition) is 1. The van der Waals surface area contributed by atoms with E-state index in [0.29, 0.717) is 10.6 Å². The van der Waals surface area contributed by atoms with Gasteiger partial charge in [0.15, 0.2) is 0 Å². The Bertz CT molecular complexity index is 1080. The van der Waals surface area contributed by atoms with Crippen molar-refractivity contribution < 1.29 is 9.21 Å². The number of rotatable bonds is 2. The molecule has 0 spiro atoms. The van der Waals surface area contributed by atoms with Crippen molar-refractivity contribution >= 4 is 34.8 Å². The third kappa shape index (κ3) is 2.79. The molecule has 2 heterocycles. The minimum Gasteiger partial charge on any atom is -0.461 e. The average Bonchev–Trinajstić information content (AvgIpc) is 3.20. The van der Waals surface area contributed by atoms with E-state index in [4.69, 9.17) is 16.0 Å². The maximum Gasteiger partial charge on any atom is 0.256 e. The molecule has 0 radical (unpaired) electrons. The Morgan fingerprint density at radius 2 is 1.85 bits per heavy atom. The number of furan rings is 1. The van der Waals surface area contributed by atoms with Gasteiger partial charge in [-0.3, -0.25) is 4.79 Å². The first-order valence-corrected chi connectivity index (χ1v) is 9.61. The van der Waals surface area contributed by atoms with Crippen molar-refractivity contribution in [1.29, 1.82) is 0 Å².